The van der Waals surface area contributed by atoms with Gasteiger partial charge in [-0.1, -0.05) is 19.9 Å². The van der Waals surface area contributed by atoms with Crippen LogP contribution in [0.4, 0.5) is 8.78 Å². The second-order valence-corrected chi connectivity index (χ2v) is 4.76. The molecule has 1 aromatic rings. The van der Waals surface area contributed by atoms with E-state index >= 15 is 0 Å². The zero-order chi connectivity index (χ0) is 14.5. The molecule has 3 nitrogen and oxygen atoms in total. The zero-order valence-electron chi connectivity index (χ0n) is 11.3. The Morgan fingerprint density at radius 3 is 2.47 bits per heavy atom. The second-order valence-electron chi connectivity index (χ2n) is 4.76. The van der Waals surface area contributed by atoms with Crippen LogP contribution in [0.25, 0.3) is 0 Å². The molecule has 0 fully saturated rings. The molecule has 0 aliphatic heterocycles. The Morgan fingerprint density at radius 1 is 1.32 bits per heavy atom. The van der Waals surface area contributed by atoms with E-state index in [1.807, 2.05) is 13.8 Å². The van der Waals surface area contributed by atoms with Crippen LogP contribution in [0.15, 0.2) is 18.2 Å². The smallest absolute Gasteiger partial charge is 0.224 e. The summed E-state index contributed by atoms with van der Waals surface area (Å²) in [6, 6.07) is 3.19. The fourth-order valence-corrected chi connectivity index (χ4v) is 1.68. The van der Waals surface area contributed by atoms with E-state index in [-0.39, 0.29) is 17.9 Å². The number of hydrogen-bond acceptors (Lipinski definition) is 2. The molecule has 0 saturated heterocycles. The van der Waals surface area contributed by atoms with Crippen LogP contribution in [0.3, 0.4) is 0 Å². The van der Waals surface area contributed by atoms with Crippen molar-refractivity contribution in [3.63, 3.8) is 0 Å². The summed E-state index contributed by atoms with van der Waals surface area (Å²) in [7, 11) is 0. The summed E-state index contributed by atoms with van der Waals surface area (Å²) in [6.45, 7) is 4.26. The zero-order valence-corrected chi connectivity index (χ0v) is 11.3. The van der Waals surface area contributed by atoms with Crippen molar-refractivity contribution < 1.29 is 13.6 Å². The van der Waals surface area contributed by atoms with Crippen LogP contribution in [-0.4, -0.2) is 18.0 Å². The van der Waals surface area contributed by atoms with Gasteiger partial charge in [-0.25, -0.2) is 8.78 Å². The maximum absolute atomic E-state index is 13.4. The first-order chi connectivity index (χ1) is 8.90. The van der Waals surface area contributed by atoms with Gasteiger partial charge in [-0.3, -0.25) is 4.79 Å². The van der Waals surface area contributed by atoms with E-state index < -0.39 is 17.2 Å². The van der Waals surface area contributed by atoms with Gasteiger partial charge in [-0.2, -0.15) is 0 Å². The molecule has 0 aliphatic rings. The number of amides is 1. The lowest BCUT2D eigenvalue weighted by Gasteiger charge is -2.26. The molecule has 1 rings (SSSR count). The number of rotatable bonds is 6. The number of hydrogen-bond donors (Lipinski definition) is 2. The van der Waals surface area contributed by atoms with Crippen molar-refractivity contribution in [2.75, 3.05) is 6.54 Å². The number of benzene rings is 1. The highest BCUT2D eigenvalue weighted by molar-refractivity contribution is 5.78. The van der Waals surface area contributed by atoms with Crippen molar-refractivity contribution in [2.45, 2.75) is 38.6 Å². The maximum Gasteiger partial charge on any atom is 0.224 e. The number of halogens is 2. The van der Waals surface area contributed by atoms with Crippen LogP contribution in [0.2, 0.25) is 0 Å². The molecule has 0 atom stereocenters. The molecule has 5 heteroatoms. The van der Waals surface area contributed by atoms with E-state index in [9.17, 15) is 13.6 Å². The molecular formula is C14H20F2N2O. The third-order valence-electron chi connectivity index (χ3n) is 3.41. The van der Waals surface area contributed by atoms with Crippen molar-refractivity contribution in [3.05, 3.63) is 35.4 Å². The van der Waals surface area contributed by atoms with Gasteiger partial charge >= 0.3 is 0 Å². The van der Waals surface area contributed by atoms with Gasteiger partial charge in [0, 0.05) is 18.2 Å². The van der Waals surface area contributed by atoms with Crippen molar-refractivity contribution >= 4 is 5.91 Å². The van der Waals surface area contributed by atoms with E-state index in [0.29, 0.717) is 6.54 Å². The minimum Gasteiger partial charge on any atom is -0.354 e. The Labute approximate surface area is 112 Å². The van der Waals surface area contributed by atoms with Gasteiger partial charge in [0.25, 0.3) is 0 Å². The van der Waals surface area contributed by atoms with E-state index in [1.54, 1.807) is 0 Å². The number of carbonyl (C=O) groups is 1. The normalized spacial score (nSPS) is 11.4. The van der Waals surface area contributed by atoms with Crippen molar-refractivity contribution in [3.8, 4) is 0 Å². The summed E-state index contributed by atoms with van der Waals surface area (Å²) in [5, 5.41) is 2.69. The highest BCUT2D eigenvalue weighted by Crippen LogP contribution is 2.11. The lowest BCUT2D eigenvalue weighted by Crippen LogP contribution is -2.49. The molecule has 19 heavy (non-hydrogen) atoms. The van der Waals surface area contributed by atoms with E-state index in [2.05, 4.69) is 5.32 Å². The average molecular weight is 270 g/mol. The molecule has 0 heterocycles. The lowest BCUT2D eigenvalue weighted by atomic mass is 9.94. The molecule has 0 aromatic heterocycles. The molecule has 0 spiro atoms. The van der Waals surface area contributed by atoms with Gasteiger partial charge in [0.05, 0.1) is 6.42 Å². The van der Waals surface area contributed by atoms with Crippen molar-refractivity contribution in [1.82, 2.24) is 5.32 Å². The summed E-state index contributed by atoms with van der Waals surface area (Å²) in [5.74, 6) is -1.68. The first kappa shape index (κ1) is 15.6. The van der Waals surface area contributed by atoms with Gasteiger partial charge in [0.15, 0.2) is 0 Å². The molecule has 0 saturated carbocycles. The number of carbonyl (C=O) groups excluding carboxylic acids is 1. The highest BCUT2D eigenvalue weighted by atomic mass is 19.1. The molecule has 106 valence electrons. The summed E-state index contributed by atoms with van der Waals surface area (Å²) in [5.41, 5.74) is 5.79. The second kappa shape index (κ2) is 6.61. The summed E-state index contributed by atoms with van der Waals surface area (Å²) < 4.78 is 26.1. The lowest BCUT2D eigenvalue weighted by molar-refractivity contribution is -0.120. The molecule has 0 unspecified atom stereocenters. The predicted molar refractivity (Wildman–Crippen MR) is 70.6 cm³/mol. The maximum atomic E-state index is 13.4. The minimum atomic E-state index is -0.708. The van der Waals surface area contributed by atoms with E-state index in [1.165, 1.54) is 6.07 Å². The Bertz CT molecular complexity index is 445. The van der Waals surface area contributed by atoms with Crippen LogP contribution >= 0.6 is 0 Å². The van der Waals surface area contributed by atoms with Crippen LogP contribution in [0, 0.1) is 11.6 Å². The average Bonchev–Trinajstić information content (AvgIpc) is 2.39. The van der Waals surface area contributed by atoms with Gasteiger partial charge in [0.2, 0.25) is 5.91 Å². The standard InChI is InChI=1S/C14H20F2N2O/c1-3-14(17,4-2)9-18-13(19)7-10-5-6-11(15)8-12(10)16/h5-6,8H,3-4,7,9,17H2,1-2H3,(H,18,19). The number of nitrogens with one attached hydrogen (secondary N) is 1. The molecule has 1 amide bonds. The Morgan fingerprint density at radius 2 is 1.95 bits per heavy atom. The van der Waals surface area contributed by atoms with E-state index in [4.69, 9.17) is 5.73 Å². The highest BCUT2D eigenvalue weighted by Gasteiger charge is 2.21. The minimum absolute atomic E-state index is 0.115. The summed E-state index contributed by atoms with van der Waals surface area (Å²) in [6.07, 6.45) is 1.37. The molecular weight excluding hydrogens is 250 g/mol. The summed E-state index contributed by atoms with van der Waals surface area (Å²) >= 11 is 0. The Balaban J connectivity index is 2.56. The molecule has 0 bridgehead atoms. The fraction of sp³-hybridized carbons (Fsp3) is 0.500. The third kappa shape index (κ3) is 4.59. The molecule has 0 radical (unpaired) electrons. The van der Waals surface area contributed by atoms with Crippen LogP contribution < -0.4 is 11.1 Å². The van der Waals surface area contributed by atoms with Gasteiger partial charge in [0.1, 0.15) is 11.6 Å². The quantitative estimate of drug-likeness (QED) is 0.832. The summed E-state index contributed by atoms with van der Waals surface area (Å²) in [4.78, 5) is 11.7. The van der Waals surface area contributed by atoms with Crippen LogP contribution in [0.5, 0.6) is 0 Å². The third-order valence-corrected chi connectivity index (χ3v) is 3.41. The van der Waals surface area contributed by atoms with Crippen LogP contribution in [-0.2, 0) is 11.2 Å². The Hall–Kier alpha value is -1.49. The monoisotopic (exact) mass is 270 g/mol. The molecule has 0 aliphatic carbocycles. The fourth-order valence-electron chi connectivity index (χ4n) is 1.68. The largest absolute Gasteiger partial charge is 0.354 e. The van der Waals surface area contributed by atoms with E-state index in [0.717, 1.165) is 25.0 Å². The first-order valence-corrected chi connectivity index (χ1v) is 6.39. The SMILES string of the molecule is CCC(N)(CC)CNC(=O)Cc1ccc(F)cc1F. The first-order valence-electron chi connectivity index (χ1n) is 6.39. The van der Waals surface area contributed by atoms with Gasteiger partial charge in [-0.15, -0.1) is 0 Å². The van der Waals surface area contributed by atoms with Crippen molar-refractivity contribution in [1.29, 1.82) is 0 Å². The van der Waals surface area contributed by atoms with Gasteiger partial charge < -0.3 is 11.1 Å². The molecule has 3 N–H and O–H groups in total. The molecule has 1 aromatic carbocycles. The Kier molecular flexibility index (Phi) is 5.42. The number of nitrogens with two attached hydrogens (primary N) is 1. The predicted octanol–water partition coefficient (Wildman–Crippen LogP) is 2.14. The van der Waals surface area contributed by atoms with Gasteiger partial charge in [-0.05, 0) is 24.5 Å². The van der Waals surface area contributed by atoms with Crippen molar-refractivity contribution in [2.24, 2.45) is 5.73 Å². The topological polar surface area (TPSA) is 55.1 Å². The van der Waals surface area contributed by atoms with Crippen LogP contribution in [0.1, 0.15) is 32.3 Å².